The van der Waals surface area contributed by atoms with Crippen molar-refractivity contribution in [3.05, 3.63) is 72.1 Å². The number of aromatic nitrogens is 4. The number of hydrogen-bond donors (Lipinski definition) is 3. The van der Waals surface area contributed by atoms with Crippen LogP contribution in [-0.4, -0.2) is 56.5 Å². The van der Waals surface area contributed by atoms with E-state index >= 15 is 0 Å². The lowest BCUT2D eigenvalue weighted by Gasteiger charge is -2.26. The van der Waals surface area contributed by atoms with Crippen LogP contribution in [0.1, 0.15) is 74.8 Å². The Kier molecular flexibility index (Phi) is 8.39. The number of alkyl halides is 3. The second kappa shape index (κ2) is 12.4. The first kappa shape index (κ1) is 30.4. The molecule has 2 fully saturated rings. The lowest BCUT2D eigenvalue weighted by molar-refractivity contribution is -0.140. The smallest absolute Gasteiger partial charge is 0.435 e. The Hall–Kier alpha value is -4.61. The number of halogens is 3. The molecule has 1 saturated carbocycles. The second-order valence-electron chi connectivity index (χ2n) is 11.7. The number of ether oxygens (including phenoxy) is 1. The van der Waals surface area contributed by atoms with Gasteiger partial charge in [-0.15, -0.1) is 0 Å². The number of rotatable bonds is 7. The van der Waals surface area contributed by atoms with Crippen molar-refractivity contribution in [1.29, 1.82) is 0 Å². The van der Waals surface area contributed by atoms with Gasteiger partial charge in [-0.3, -0.25) is 4.79 Å². The van der Waals surface area contributed by atoms with Gasteiger partial charge in [-0.1, -0.05) is 61.4 Å². The molecular weight excluding hydrogens is 585 g/mol. The van der Waals surface area contributed by atoms with E-state index in [1.165, 1.54) is 44.6 Å². The zero-order valence-corrected chi connectivity index (χ0v) is 25.1. The molecule has 2 atom stereocenters. The van der Waals surface area contributed by atoms with Crippen molar-refractivity contribution in [2.75, 3.05) is 13.7 Å². The SMILES string of the molecule is COC(=O)N[C@@H](C)C(=O)N1CCC[C@H]1c1nc(C(F)(F)F)c(-c2ccc(-c3ccc(-c4cnc(C5CCCC5)[nH]4)cc3)cc2)[nH]1. The van der Waals surface area contributed by atoms with Crippen LogP contribution in [0.25, 0.3) is 33.6 Å². The highest BCUT2D eigenvalue weighted by molar-refractivity contribution is 5.85. The van der Waals surface area contributed by atoms with Gasteiger partial charge in [-0.05, 0) is 49.3 Å². The molecule has 9 nitrogen and oxygen atoms in total. The summed E-state index contributed by atoms with van der Waals surface area (Å²) in [4.78, 5) is 41.0. The topological polar surface area (TPSA) is 116 Å². The van der Waals surface area contributed by atoms with Crippen molar-refractivity contribution in [3.63, 3.8) is 0 Å². The number of imidazole rings is 2. The van der Waals surface area contributed by atoms with E-state index < -0.39 is 36.0 Å². The van der Waals surface area contributed by atoms with Crippen LogP contribution in [0, 0.1) is 0 Å². The van der Waals surface area contributed by atoms with Gasteiger partial charge in [0.15, 0.2) is 5.69 Å². The monoisotopic (exact) mass is 620 g/mol. The summed E-state index contributed by atoms with van der Waals surface area (Å²) < 4.78 is 47.1. The van der Waals surface area contributed by atoms with E-state index in [0.29, 0.717) is 30.9 Å². The molecule has 0 spiro atoms. The number of methoxy groups -OCH3 is 1. The number of H-pyrrole nitrogens is 2. The molecule has 2 aromatic carbocycles. The lowest BCUT2D eigenvalue weighted by atomic mass is 10.0. The number of aromatic amines is 2. The Labute approximate surface area is 258 Å². The fourth-order valence-corrected chi connectivity index (χ4v) is 6.39. The van der Waals surface area contributed by atoms with Crippen LogP contribution in [0.15, 0.2) is 54.7 Å². The average molecular weight is 621 g/mol. The first-order chi connectivity index (χ1) is 21.6. The van der Waals surface area contributed by atoms with Crippen LogP contribution in [0.4, 0.5) is 18.0 Å². The maximum Gasteiger partial charge on any atom is 0.435 e. The predicted molar refractivity (Wildman–Crippen MR) is 162 cm³/mol. The molecule has 1 saturated heterocycles. The molecule has 4 aromatic rings. The summed E-state index contributed by atoms with van der Waals surface area (Å²) in [6, 6.07) is 13.2. The highest BCUT2D eigenvalue weighted by atomic mass is 19.4. The van der Waals surface area contributed by atoms with Crippen molar-refractivity contribution < 1.29 is 27.5 Å². The molecule has 2 amide bonds. The van der Waals surface area contributed by atoms with E-state index in [9.17, 15) is 22.8 Å². The van der Waals surface area contributed by atoms with Crippen LogP contribution in [0.3, 0.4) is 0 Å². The van der Waals surface area contributed by atoms with Crippen LogP contribution in [0.2, 0.25) is 0 Å². The van der Waals surface area contributed by atoms with E-state index in [-0.39, 0.29) is 11.5 Å². The molecule has 0 bridgehead atoms. The molecular formula is C33H35F3N6O3. The number of amides is 2. The first-order valence-electron chi connectivity index (χ1n) is 15.2. The van der Waals surface area contributed by atoms with Crippen LogP contribution in [-0.2, 0) is 15.7 Å². The third-order valence-corrected chi connectivity index (χ3v) is 8.77. The van der Waals surface area contributed by atoms with Crippen molar-refractivity contribution >= 4 is 12.0 Å². The lowest BCUT2D eigenvalue weighted by Crippen LogP contribution is -2.46. The molecule has 6 rings (SSSR count). The Morgan fingerprint density at radius 2 is 1.53 bits per heavy atom. The number of benzene rings is 2. The van der Waals surface area contributed by atoms with Gasteiger partial charge in [0.05, 0.1) is 30.7 Å². The highest BCUT2D eigenvalue weighted by Crippen LogP contribution is 2.40. The van der Waals surface area contributed by atoms with E-state index in [4.69, 9.17) is 0 Å². The largest absolute Gasteiger partial charge is 0.453 e. The highest BCUT2D eigenvalue weighted by Gasteiger charge is 2.41. The average Bonchev–Trinajstić information content (AvgIpc) is 3.86. The minimum absolute atomic E-state index is 0.0583. The molecule has 2 aromatic heterocycles. The molecule has 3 heterocycles. The summed E-state index contributed by atoms with van der Waals surface area (Å²) >= 11 is 0. The molecule has 0 unspecified atom stereocenters. The molecule has 1 aliphatic carbocycles. The zero-order valence-electron chi connectivity index (χ0n) is 25.1. The molecule has 236 valence electrons. The van der Waals surface area contributed by atoms with Crippen LogP contribution >= 0.6 is 0 Å². The number of carbonyl (C=O) groups is 2. The van der Waals surface area contributed by atoms with Crippen LogP contribution < -0.4 is 5.32 Å². The number of nitrogens with zero attached hydrogens (tertiary/aromatic N) is 3. The predicted octanol–water partition coefficient (Wildman–Crippen LogP) is 7.22. The molecule has 45 heavy (non-hydrogen) atoms. The summed E-state index contributed by atoms with van der Waals surface area (Å²) in [5.41, 5.74) is 2.90. The number of alkyl carbamates (subject to hydrolysis) is 1. The van der Waals surface area contributed by atoms with E-state index in [2.05, 4.69) is 30.0 Å². The zero-order chi connectivity index (χ0) is 31.7. The minimum atomic E-state index is -4.71. The van der Waals surface area contributed by atoms with Gasteiger partial charge in [0, 0.05) is 18.0 Å². The van der Waals surface area contributed by atoms with E-state index in [0.717, 1.165) is 28.2 Å². The quantitative estimate of drug-likeness (QED) is 0.202. The number of carbonyl (C=O) groups excluding carboxylic acids is 2. The van der Waals surface area contributed by atoms with Gasteiger partial charge in [0.1, 0.15) is 17.7 Å². The van der Waals surface area contributed by atoms with Gasteiger partial charge in [-0.25, -0.2) is 14.8 Å². The Bertz CT molecular complexity index is 1660. The molecule has 0 radical (unpaired) electrons. The fraction of sp³-hybridized carbons (Fsp3) is 0.394. The Morgan fingerprint density at radius 1 is 0.911 bits per heavy atom. The van der Waals surface area contributed by atoms with Crippen molar-refractivity contribution in [1.82, 2.24) is 30.2 Å². The maximum absolute atomic E-state index is 14.2. The summed E-state index contributed by atoms with van der Waals surface area (Å²) in [5.74, 6) is 1.17. The number of nitrogens with one attached hydrogen (secondary N) is 3. The summed E-state index contributed by atoms with van der Waals surface area (Å²) in [6.07, 6.45) is 2.24. The number of hydrogen-bond acceptors (Lipinski definition) is 5. The molecule has 1 aliphatic heterocycles. The van der Waals surface area contributed by atoms with Crippen molar-refractivity contribution in [2.45, 2.75) is 69.6 Å². The van der Waals surface area contributed by atoms with Gasteiger partial charge >= 0.3 is 12.3 Å². The Balaban J connectivity index is 1.21. The van der Waals surface area contributed by atoms with Crippen molar-refractivity contribution in [2.24, 2.45) is 0 Å². The maximum atomic E-state index is 14.2. The minimum Gasteiger partial charge on any atom is -0.453 e. The normalized spacial score (nSPS) is 17.9. The standard InChI is InChI=1S/C33H35F3N6O3/c1-19(38-32(44)45-2)31(43)42-17-5-8-26(42)30-40-27(28(41-30)33(34,35)36)23-15-11-21(12-16-23)20-9-13-22(14-10-20)25-18-37-29(39-25)24-6-3-4-7-24/h9-16,18-19,24,26H,3-8,17H2,1-2H3,(H,37,39)(H,38,44)(H,40,41)/t19-,26-/m0/s1. The fourth-order valence-electron chi connectivity index (χ4n) is 6.39. The summed E-state index contributed by atoms with van der Waals surface area (Å²) in [6.45, 7) is 1.84. The van der Waals surface area contributed by atoms with Gasteiger partial charge in [-0.2, -0.15) is 13.2 Å². The van der Waals surface area contributed by atoms with E-state index in [1.54, 1.807) is 24.3 Å². The molecule has 12 heteroatoms. The van der Waals surface area contributed by atoms with Gasteiger partial charge in [0.2, 0.25) is 5.91 Å². The third-order valence-electron chi connectivity index (χ3n) is 8.77. The number of likely N-dealkylation sites (tertiary alicyclic amines) is 1. The molecule has 2 aliphatic rings. The first-order valence-corrected chi connectivity index (χ1v) is 15.2. The van der Waals surface area contributed by atoms with Gasteiger partial charge in [0.25, 0.3) is 0 Å². The second-order valence-corrected chi connectivity index (χ2v) is 11.7. The van der Waals surface area contributed by atoms with Gasteiger partial charge < -0.3 is 24.9 Å². The Morgan fingerprint density at radius 3 is 2.16 bits per heavy atom. The van der Waals surface area contributed by atoms with Crippen molar-refractivity contribution in [3.8, 4) is 33.6 Å². The summed E-state index contributed by atoms with van der Waals surface area (Å²) in [5, 5.41) is 2.42. The van der Waals surface area contributed by atoms with Crippen LogP contribution in [0.5, 0.6) is 0 Å². The summed E-state index contributed by atoms with van der Waals surface area (Å²) in [7, 11) is 1.19. The molecule has 3 N–H and O–H groups in total. The third kappa shape index (κ3) is 6.31. The van der Waals surface area contributed by atoms with E-state index in [1.807, 2.05) is 30.5 Å².